The van der Waals surface area contributed by atoms with E-state index in [0.29, 0.717) is 18.8 Å². The average Bonchev–Trinajstić information content (AvgIpc) is 2.35. The Hall–Kier alpha value is -1.11. The molecule has 1 amide bonds. The van der Waals surface area contributed by atoms with Crippen LogP contribution in [0.25, 0.3) is 0 Å². The van der Waals surface area contributed by atoms with Crippen molar-refractivity contribution < 1.29 is 17.9 Å². The molecule has 1 N–H and O–H groups in total. The Bertz CT molecular complexity index is 586. The second-order valence-electron chi connectivity index (χ2n) is 4.45. The molecule has 0 heterocycles. The van der Waals surface area contributed by atoms with Gasteiger partial charge >= 0.3 is 0 Å². The van der Waals surface area contributed by atoms with E-state index in [1.54, 1.807) is 26.0 Å². The molecule has 1 rings (SSSR count). The van der Waals surface area contributed by atoms with Gasteiger partial charge in [0.2, 0.25) is 0 Å². The smallest absolute Gasteiger partial charge is 0.261 e. The van der Waals surface area contributed by atoms with Gasteiger partial charge in [-0.05, 0) is 38.5 Å². The van der Waals surface area contributed by atoms with Crippen LogP contribution in [0.15, 0.2) is 23.1 Å². The first kappa shape index (κ1) is 16.9. The lowest BCUT2D eigenvalue weighted by Crippen LogP contribution is -2.36. The maximum atomic E-state index is 12.0. The lowest BCUT2D eigenvalue weighted by molar-refractivity contribution is 0.0872. The molecular formula is C13H18ClNO4S. The molecule has 0 aliphatic heterocycles. The monoisotopic (exact) mass is 319 g/mol. The SMILES string of the molecule is CCOCC(C)NC(=O)c1ccc(C)c(S(=O)(=O)Cl)c1. The van der Waals surface area contributed by atoms with Crippen molar-refractivity contribution in [2.45, 2.75) is 31.7 Å². The van der Waals surface area contributed by atoms with Crippen LogP contribution < -0.4 is 5.32 Å². The van der Waals surface area contributed by atoms with Gasteiger partial charge in [0.05, 0.1) is 11.5 Å². The van der Waals surface area contributed by atoms with Gasteiger partial charge in [-0.2, -0.15) is 0 Å². The molecule has 112 valence electrons. The Morgan fingerprint density at radius 1 is 1.45 bits per heavy atom. The summed E-state index contributed by atoms with van der Waals surface area (Å²) in [6, 6.07) is 4.22. The number of carbonyl (C=O) groups excluding carboxylic acids is 1. The summed E-state index contributed by atoms with van der Waals surface area (Å²) in [6.07, 6.45) is 0. The van der Waals surface area contributed by atoms with E-state index >= 15 is 0 Å². The number of carbonyl (C=O) groups is 1. The third-order valence-corrected chi connectivity index (χ3v) is 4.13. The van der Waals surface area contributed by atoms with Gasteiger partial charge < -0.3 is 10.1 Å². The van der Waals surface area contributed by atoms with Crippen LogP contribution in [0.4, 0.5) is 0 Å². The number of nitrogens with one attached hydrogen (secondary N) is 1. The summed E-state index contributed by atoms with van der Waals surface area (Å²) in [7, 11) is 1.47. The van der Waals surface area contributed by atoms with Crippen molar-refractivity contribution in [1.82, 2.24) is 5.32 Å². The highest BCUT2D eigenvalue weighted by atomic mass is 35.7. The Balaban J connectivity index is 2.90. The Morgan fingerprint density at radius 3 is 2.65 bits per heavy atom. The number of halogens is 1. The molecule has 7 heteroatoms. The maximum absolute atomic E-state index is 12.0. The Kier molecular flexibility index (Phi) is 5.98. The van der Waals surface area contributed by atoms with Crippen molar-refractivity contribution in [3.63, 3.8) is 0 Å². The molecule has 1 atom stereocenters. The van der Waals surface area contributed by atoms with Gasteiger partial charge in [-0.15, -0.1) is 0 Å². The van der Waals surface area contributed by atoms with E-state index in [4.69, 9.17) is 15.4 Å². The van der Waals surface area contributed by atoms with Crippen molar-refractivity contribution in [1.29, 1.82) is 0 Å². The standard InChI is InChI=1S/C13H18ClNO4S/c1-4-19-8-10(3)15-13(16)11-6-5-9(2)12(7-11)20(14,17)18/h5-7,10H,4,8H2,1-3H3,(H,15,16). The zero-order valence-corrected chi connectivity index (χ0v) is 13.2. The summed E-state index contributed by atoms with van der Waals surface area (Å²) in [6.45, 7) is 6.26. The Labute approximate surface area is 123 Å². The Morgan fingerprint density at radius 2 is 2.10 bits per heavy atom. The second-order valence-corrected chi connectivity index (χ2v) is 6.99. The van der Waals surface area contributed by atoms with Crippen LogP contribution in [0.5, 0.6) is 0 Å². The van der Waals surface area contributed by atoms with E-state index in [1.807, 2.05) is 6.92 Å². The number of amides is 1. The molecule has 0 bridgehead atoms. The normalized spacial score (nSPS) is 13.0. The third kappa shape index (κ3) is 4.77. The van der Waals surface area contributed by atoms with Gasteiger partial charge in [0.25, 0.3) is 15.0 Å². The van der Waals surface area contributed by atoms with Crippen molar-refractivity contribution >= 4 is 25.6 Å². The van der Waals surface area contributed by atoms with E-state index in [-0.39, 0.29) is 22.4 Å². The van der Waals surface area contributed by atoms with Crippen LogP contribution in [-0.4, -0.2) is 33.6 Å². The molecule has 1 aromatic carbocycles. The summed E-state index contributed by atoms with van der Waals surface area (Å²) in [5.41, 5.74) is 0.747. The summed E-state index contributed by atoms with van der Waals surface area (Å²) in [4.78, 5) is 12.0. The fourth-order valence-corrected chi connectivity index (χ4v) is 2.87. The molecule has 1 aromatic rings. The molecule has 0 saturated heterocycles. The average molecular weight is 320 g/mol. The molecule has 0 aliphatic rings. The molecule has 0 radical (unpaired) electrons. The highest BCUT2D eigenvalue weighted by molar-refractivity contribution is 8.13. The van der Waals surface area contributed by atoms with Crippen LogP contribution in [0.3, 0.4) is 0 Å². The quantitative estimate of drug-likeness (QED) is 0.815. The fourth-order valence-electron chi connectivity index (χ4n) is 1.65. The summed E-state index contributed by atoms with van der Waals surface area (Å²) < 4.78 is 28.0. The highest BCUT2D eigenvalue weighted by Crippen LogP contribution is 2.21. The van der Waals surface area contributed by atoms with Crippen LogP contribution in [-0.2, 0) is 13.8 Å². The predicted octanol–water partition coefficient (Wildman–Crippen LogP) is 2.08. The maximum Gasteiger partial charge on any atom is 0.261 e. The molecule has 0 fully saturated rings. The van der Waals surface area contributed by atoms with Crippen molar-refractivity contribution in [3.05, 3.63) is 29.3 Å². The van der Waals surface area contributed by atoms with E-state index in [9.17, 15) is 13.2 Å². The van der Waals surface area contributed by atoms with Crippen molar-refractivity contribution in [2.24, 2.45) is 0 Å². The second kappa shape index (κ2) is 7.06. The minimum atomic E-state index is -3.86. The minimum Gasteiger partial charge on any atom is -0.380 e. The van der Waals surface area contributed by atoms with Gasteiger partial charge in [-0.3, -0.25) is 4.79 Å². The predicted molar refractivity (Wildman–Crippen MR) is 77.6 cm³/mol. The molecule has 1 unspecified atom stereocenters. The van der Waals surface area contributed by atoms with E-state index in [0.717, 1.165) is 0 Å². The van der Waals surface area contributed by atoms with Crippen LogP contribution in [0.1, 0.15) is 29.8 Å². The fraction of sp³-hybridized carbons (Fsp3) is 0.462. The van der Waals surface area contributed by atoms with Gasteiger partial charge in [0.1, 0.15) is 0 Å². The first-order valence-electron chi connectivity index (χ1n) is 6.19. The first-order valence-corrected chi connectivity index (χ1v) is 8.50. The largest absolute Gasteiger partial charge is 0.380 e. The lowest BCUT2D eigenvalue weighted by Gasteiger charge is -2.14. The number of ether oxygens (including phenoxy) is 1. The number of aryl methyl sites for hydroxylation is 1. The summed E-state index contributed by atoms with van der Waals surface area (Å²) in [5.74, 6) is -0.362. The van der Waals surface area contributed by atoms with Crippen LogP contribution in [0, 0.1) is 6.92 Å². The molecule has 5 nitrogen and oxygen atoms in total. The lowest BCUT2D eigenvalue weighted by atomic mass is 10.1. The van der Waals surface area contributed by atoms with E-state index in [2.05, 4.69) is 5.32 Å². The van der Waals surface area contributed by atoms with Gasteiger partial charge in [-0.25, -0.2) is 8.42 Å². The van der Waals surface area contributed by atoms with Crippen LogP contribution in [0.2, 0.25) is 0 Å². The van der Waals surface area contributed by atoms with Gasteiger partial charge in [-0.1, -0.05) is 6.07 Å². The van der Waals surface area contributed by atoms with Gasteiger partial charge in [0, 0.05) is 28.9 Å². The topological polar surface area (TPSA) is 72.5 Å². The minimum absolute atomic E-state index is 0.0516. The van der Waals surface area contributed by atoms with Crippen molar-refractivity contribution in [3.8, 4) is 0 Å². The van der Waals surface area contributed by atoms with Crippen molar-refractivity contribution in [2.75, 3.05) is 13.2 Å². The van der Waals surface area contributed by atoms with E-state index < -0.39 is 9.05 Å². The third-order valence-electron chi connectivity index (χ3n) is 2.66. The molecule has 0 spiro atoms. The number of hydrogen-bond donors (Lipinski definition) is 1. The molecule has 20 heavy (non-hydrogen) atoms. The van der Waals surface area contributed by atoms with Gasteiger partial charge in [0.15, 0.2) is 0 Å². The molecule has 0 saturated carbocycles. The number of rotatable bonds is 6. The number of benzene rings is 1. The number of hydrogen-bond acceptors (Lipinski definition) is 4. The summed E-state index contributed by atoms with van der Waals surface area (Å²) >= 11 is 0. The zero-order valence-electron chi connectivity index (χ0n) is 11.6. The zero-order chi connectivity index (χ0) is 15.3. The molecular weight excluding hydrogens is 302 g/mol. The molecule has 0 aromatic heterocycles. The highest BCUT2D eigenvalue weighted by Gasteiger charge is 2.17. The first-order chi connectivity index (χ1) is 9.25. The van der Waals surface area contributed by atoms with Crippen LogP contribution >= 0.6 is 10.7 Å². The molecule has 0 aliphatic carbocycles. The summed E-state index contributed by atoms with van der Waals surface area (Å²) in [5, 5.41) is 2.73. The van der Waals surface area contributed by atoms with E-state index in [1.165, 1.54) is 6.07 Å².